The van der Waals surface area contributed by atoms with E-state index in [1.807, 2.05) is 48.7 Å². The molecule has 2 amide bonds. The number of carbonyl (C=O) groups excluding carboxylic acids is 1. The van der Waals surface area contributed by atoms with Gasteiger partial charge in [0.05, 0.1) is 11.4 Å². The van der Waals surface area contributed by atoms with Gasteiger partial charge in [0.2, 0.25) is 0 Å². The molecule has 5 nitrogen and oxygen atoms in total. The fourth-order valence-corrected chi connectivity index (χ4v) is 2.90. The number of aryl methyl sites for hydroxylation is 1. The van der Waals surface area contributed by atoms with Gasteiger partial charge in [-0.25, -0.2) is 14.7 Å². The number of primary amides is 1. The van der Waals surface area contributed by atoms with Crippen LogP contribution in [0, 0.1) is 6.92 Å². The molecule has 0 unspecified atom stereocenters. The number of rotatable bonds is 3. The zero-order valence-corrected chi connectivity index (χ0v) is 12.7. The monoisotopic (exact) mass is 310 g/mol. The van der Waals surface area contributed by atoms with Crippen molar-refractivity contribution in [2.24, 2.45) is 5.73 Å². The average Bonchev–Trinajstić information content (AvgIpc) is 2.99. The van der Waals surface area contributed by atoms with Gasteiger partial charge < -0.3 is 5.73 Å². The lowest BCUT2D eigenvalue weighted by molar-refractivity contribution is 0.256. The molecule has 3 rings (SSSR count). The Morgan fingerprint density at radius 2 is 2.00 bits per heavy atom. The van der Waals surface area contributed by atoms with Gasteiger partial charge in [-0.05, 0) is 31.2 Å². The van der Waals surface area contributed by atoms with E-state index >= 15 is 0 Å². The van der Waals surface area contributed by atoms with E-state index in [0.29, 0.717) is 10.8 Å². The zero-order valence-electron chi connectivity index (χ0n) is 11.9. The molecule has 0 aliphatic carbocycles. The minimum absolute atomic E-state index is 0.537. The number of aromatic nitrogens is 2. The smallest absolute Gasteiger partial charge is 0.325 e. The van der Waals surface area contributed by atoms with Crippen molar-refractivity contribution in [1.82, 2.24) is 9.97 Å². The van der Waals surface area contributed by atoms with Crippen LogP contribution >= 0.6 is 11.3 Å². The maximum atomic E-state index is 11.8. The molecule has 2 heterocycles. The SMILES string of the molecule is Cc1ccc(N(C(N)=O)c2nc(-c3cccnc3)cs2)cc1. The first-order chi connectivity index (χ1) is 10.6. The highest BCUT2D eigenvalue weighted by molar-refractivity contribution is 7.14. The predicted octanol–water partition coefficient (Wildman–Crippen LogP) is 3.73. The standard InChI is InChI=1S/C16H14N4OS/c1-11-4-6-13(7-5-11)20(15(17)21)16-19-14(10-22-16)12-3-2-8-18-9-12/h2-10H,1H3,(H2,17,21). The molecule has 0 saturated heterocycles. The van der Waals surface area contributed by atoms with Crippen LogP contribution in [0.2, 0.25) is 0 Å². The Kier molecular flexibility index (Phi) is 3.84. The first-order valence-electron chi connectivity index (χ1n) is 6.67. The Balaban J connectivity index is 1.98. The van der Waals surface area contributed by atoms with E-state index in [1.165, 1.54) is 16.2 Å². The summed E-state index contributed by atoms with van der Waals surface area (Å²) in [6, 6.07) is 10.8. The first kappa shape index (κ1) is 14.2. The Bertz CT molecular complexity index is 783. The summed E-state index contributed by atoms with van der Waals surface area (Å²) in [5.41, 5.74) is 9.01. The van der Waals surface area contributed by atoms with Crippen molar-refractivity contribution in [1.29, 1.82) is 0 Å². The minimum atomic E-state index is -0.559. The molecule has 3 aromatic rings. The number of urea groups is 1. The number of hydrogen-bond acceptors (Lipinski definition) is 4. The minimum Gasteiger partial charge on any atom is -0.351 e. The van der Waals surface area contributed by atoms with Gasteiger partial charge in [0, 0.05) is 23.3 Å². The normalized spacial score (nSPS) is 10.4. The molecule has 1 aromatic carbocycles. The Hall–Kier alpha value is -2.73. The fraction of sp³-hybridized carbons (Fsp3) is 0.0625. The van der Waals surface area contributed by atoms with Gasteiger partial charge in [0.25, 0.3) is 0 Å². The Morgan fingerprint density at radius 3 is 2.64 bits per heavy atom. The summed E-state index contributed by atoms with van der Waals surface area (Å²) in [5.74, 6) is 0. The van der Waals surface area contributed by atoms with Crippen molar-refractivity contribution in [3.8, 4) is 11.3 Å². The van der Waals surface area contributed by atoms with Crippen molar-refractivity contribution in [2.75, 3.05) is 4.90 Å². The van der Waals surface area contributed by atoms with Gasteiger partial charge in [-0.15, -0.1) is 11.3 Å². The molecule has 0 aliphatic heterocycles. The zero-order chi connectivity index (χ0) is 15.5. The third-order valence-electron chi connectivity index (χ3n) is 3.15. The predicted molar refractivity (Wildman–Crippen MR) is 88.2 cm³/mol. The summed E-state index contributed by atoms with van der Waals surface area (Å²) in [4.78, 5) is 21.8. The van der Waals surface area contributed by atoms with E-state index in [4.69, 9.17) is 5.73 Å². The molecule has 0 saturated carbocycles. The van der Waals surface area contributed by atoms with E-state index in [2.05, 4.69) is 9.97 Å². The van der Waals surface area contributed by atoms with Crippen LogP contribution in [0.25, 0.3) is 11.3 Å². The molecule has 0 fully saturated rings. The molecule has 2 N–H and O–H groups in total. The second-order valence-corrected chi connectivity index (χ2v) is 5.60. The van der Waals surface area contributed by atoms with E-state index in [1.54, 1.807) is 12.4 Å². The molecular weight excluding hydrogens is 296 g/mol. The average molecular weight is 310 g/mol. The second-order valence-electron chi connectivity index (χ2n) is 4.77. The van der Waals surface area contributed by atoms with Gasteiger partial charge in [-0.3, -0.25) is 4.98 Å². The lowest BCUT2D eigenvalue weighted by Gasteiger charge is -2.17. The van der Waals surface area contributed by atoms with Crippen molar-refractivity contribution in [3.63, 3.8) is 0 Å². The molecular formula is C16H14N4OS. The number of amides is 2. The topological polar surface area (TPSA) is 72.1 Å². The highest BCUT2D eigenvalue weighted by Crippen LogP contribution is 2.31. The number of nitrogens with two attached hydrogens (primary N) is 1. The van der Waals surface area contributed by atoms with Crippen LogP contribution < -0.4 is 10.6 Å². The largest absolute Gasteiger partial charge is 0.351 e. The number of anilines is 2. The molecule has 2 aromatic heterocycles. The summed E-state index contributed by atoms with van der Waals surface area (Å²) in [5, 5.41) is 2.42. The van der Waals surface area contributed by atoms with Gasteiger partial charge in [-0.2, -0.15) is 0 Å². The maximum absolute atomic E-state index is 11.8. The van der Waals surface area contributed by atoms with Crippen LogP contribution in [0.15, 0.2) is 54.2 Å². The third-order valence-corrected chi connectivity index (χ3v) is 3.98. The van der Waals surface area contributed by atoms with Gasteiger partial charge in [0.15, 0.2) is 5.13 Å². The summed E-state index contributed by atoms with van der Waals surface area (Å²) < 4.78 is 0. The molecule has 6 heteroatoms. The van der Waals surface area contributed by atoms with Crippen LogP contribution in [0.5, 0.6) is 0 Å². The van der Waals surface area contributed by atoms with Crippen LogP contribution in [0.4, 0.5) is 15.6 Å². The van der Waals surface area contributed by atoms with Gasteiger partial charge in [0.1, 0.15) is 0 Å². The molecule has 0 radical (unpaired) electrons. The van der Waals surface area contributed by atoms with E-state index in [9.17, 15) is 4.79 Å². The summed E-state index contributed by atoms with van der Waals surface area (Å²) in [7, 11) is 0. The van der Waals surface area contributed by atoms with Crippen LogP contribution in [-0.4, -0.2) is 16.0 Å². The highest BCUT2D eigenvalue weighted by Gasteiger charge is 2.19. The molecule has 0 aliphatic rings. The maximum Gasteiger partial charge on any atom is 0.325 e. The van der Waals surface area contributed by atoms with Crippen molar-refractivity contribution in [2.45, 2.75) is 6.92 Å². The van der Waals surface area contributed by atoms with Crippen molar-refractivity contribution >= 4 is 28.2 Å². The van der Waals surface area contributed by atoms with Gasteiger partial charge in [-0.1, -0.05) is 17.7 Å². The highest BCUT2D eigenvalue weighted by atomic mass is 32.1. The third kappa shape index (κ3) is 2.82. The van der Waals surface area contributed by atoms with Crippen molar-refractivity contribution < 1.29 is 4.79 Å². The van der Waals surface area contributed by atoms with Crippen LogP contribution in [-0.2, 0) is 0 Å². The van der Waals surface area contributed by atoms with Crippen LogP contribution in [0.1, 0.15) is 5.56 Å². The molecule has 0 atom stereocenters. The van der Waals surface area contributed by atoms with Gasteiger partial charge >= 0.3 is 6.03 Å². The first-order valence-corrected chi connectivity index (χ1v) is 7.55. The molecule has 0 bridgehead atoms. The number of thiazole rings is 1. The number of pyridine rings is 1. The number of hydrogen-bond donors (Lipinski definition) is 1. The fourth-order valence-electron chi connectivity index (χ4n) is 2.04. The molecule has 0 spiro atoms. The van der Waals surface area contributed by atoms with E-state index in [0.717, 1.165) is 16.8 Å². The van der Waals surface area contributed by atoms with E-state index < -0.39 is 6.03 Å². The Morgan fingerprint density at radius 1 is 1.23 bits per heavy atom. The molecule has 110 valence electrons. The number of nitrogens with zero attached hydrogens (tertiary/aromatic N) is 3. The summed E-state index contributed by atoms with van der Waals surface area (Å²) >= 11 is 1.37. The van der Waals surface area contributed by atoms with Crippen LogP contribution in [0.3, 0.4) is 0 Å². The van der Waals surface area contributed by atoms with Crippen molar-refractivity contribution in [3.05, 3.63) is 59.7 Å². The second kappa shape index (κ2) is 5.95. The lowest BCUT2D eigenvalue weighted by atomic mass is 10.2. The lowest BCUT2D eigenvalue weighted by Crippen LogP contribution is -2.31. The summed E-state index contributed by atoms with van der Waals surface area (Å²) in [6.45, 7) is 1.99. The number of carbonyl (C=O) groups is 1. The Labute approximate surface area is 132 Å². The molecule has 22 heavy (non-hydrogen) atoms. The quantitative estimate of drug-likeness (QED) is 0.801. The summed E-state index contributed by atoms with van der Waals surface area (Å²) in [6.07, 6.45) is 3.44. The number of benzene rings is 1. The van der Waals surface area contributed by atoms with E-state index in [-0.39, 0.29) is 0 Å².